The number of alkyl halides is 12. The lowest BCUT2D eigenvalue weighted by Crippen LogP contribution is -2.07. The molecule has 0 atom stereocenters. The van der Waals surface area contributed by atoms with Crippen molar-refractivity contribution in [1.29, 1.82) is 5.26 Å². The molecule has 1 heterocycles. The Morgan fingerprint density at radius 1 is 0.619 bits per heavy atom. The highest BCUT2D eigenvalue weighted by molar-refractivity contribution is 9.10. The van der Waals surface area contributed by atoms with Gasteiger partial charge >= 0.3 is 22.7 Å². The minimum atomic E-state index is -4.45. The fraction of sp³-hybridized carbons (Fsp3) is 0.157. The van der Waals surface area contributed by atoms with Crippen LogP contribution in [0.25, 0.3) is 16.5 Å². The third-order valence-electron chi connectivity index (χ3n) is 15.3. The number of pyridine rings is 1. The van der Waals surface area contributed by atoms with Gasteiger partial charge < -0.3 is 15.2 Å². The molecule has 0 unspecified atom stereocenters. The van der Waals surface area contributed by atoms with Gasteiger partial charge in [-0.25, -0.2) is 8.42 Å². The second kappa shape index (κ2) is 42.0. The zero-order chi connectivity index (χ0) is 83.6. The summed E-state index contributed by atoms with van der Waals surface area (Å²) < 4.78 is 175. The van der Waals surface area contributed by atoms with E-state index in [1.165, 1.54) is 48.7 Å². The summed E-state index contributed by atoms with van der Waals surface area (Å²) in [6.45, 7) is 14.7. The number of hydrogen-bond acceptors (Lipinski definition) is 14. The van der Waals surface area contributed by atoms with Crippen molar-refractivity contribution in [2.24, 2.45) is 4.99 Å². The highest BCUT2D eigenvalue weighted by Crippen LogP contribution is 2.41. The Morgan fingerprint density at radius 3 is 1.67 bits per heavy atom. The first-order chi connectivity index (χ1) is 53.0. The van der Waals surface area contributed by atoms with Crippen LogP contribution < -0.4 is 10.1 Å². The van der Waals surface area contributed by atoms with Gasteiger partial charge in [0.2, 0.25) is 9.84 Å². The molecule has 590 valence electrons. The van der Waals surface area contributed by atoms with Gasteiger partial charge in [0.25, 0.3) is 5.69 Å². The number of carbonyl (C=O) groups is 1. The number of anilines is 1. The Kier molecular flexibility index (Phi) is 34.0. The summed E-state index contributed by atoms with van der Waals surface area (Å²) in [6.07, 6.45) is -2.49. The number of thioether (sulfide) groups is 3. The molecule has 0 fully saturated rings. The van der Waals surface area contributed by atoms with E-state index in [0.29, 0.717) is 44.8 Å². The topological polar surface area (TPSA) is 185 Å². The summed E-state index contributed by atoms with van der Waals surface area (Å²) in [5, 5.41) is 34.7. The van der Waals surface area contributed by atoms with Gasteiger partial charge in [-0.05, 0) is 205 Å². The van der Waals surface area contributed by atoms with Gasteiger partial charge in [0.1, 0.15) is 24.2 Å². The molecule has 0 aliphatic heterocycles. The Hall–Kier alpha value is -10.4. The molecule has 0 amide bonds. The van der Waals surface area contributed by atoms with E-state index in [1.807, 2.05) is 113 Å². The number of aromatic nitrogens is 1. The Labute approximate surface area is 671 Å². The predicted octanol–water partition coefficient (Wildman–Crippen LogP) is 26.8. The molecule has 30 heteroatoms. The maximum atomic E-state index is 12.5. The Bertz CT molecular complexity index is 5320. The second-order valence-electron chi connectivity index (χ2n) is 24.2. The molecular formula is C83H69BrClF12N5O7S4. The summed E-state index contributed by atoms with van der Waals surface area (Å²) in [4.78, 5) is 31.5. The molecule has 1 aliphatic carbocycles. The van der Waals surface area contributed by atoms with Gasteiger partial charge in [-0.2, -0.15) is 57.9 Å². The number of sulfone groups is 1. The fourth-order valence-corrected chi connectivity index (χ4v) is 13.0. The first-order valence-electron chi connectivity index (χ1n) is 33.1. The number of benzene rings is 10. The van der Waals surface area contributed by atoms with Crippen molar-refractivity contribution in [3.05, 3.63) is 340 Å². The number of Topliss-reactive ketones (excluding diaryl/α,β-unsaturated/α-hetero) is 1. The van der Waals surface area contributed by atoms with Crippen molar-refractivity contribution in [2.45, 2.75) is 104 Å². The molecule has 12 rings (SSSR count). The quantitative estimate of drug-likeness (QED) is 0.0278. The number of allylic oxidation sites excluding steroid dienone is 2. The Balaban J connectivity index is 0.000000208. The van der Waals surface area contributed by atoms with Gasteiger partial charge in [0.15, 0.2) is 10.7 Å². The molecule has 2 N–H and O–H groups in total. The second-order valence-corrected chi connectivity index (χ2v) is 30.8. The molecule has 11 aromatic rings. The fourth-order valence-electron chi connectivity index (χ4n) is 9.65. The number of ketones is 1. The number of carbonyl (C=O) groups excluding carboxylic acids is 1. The van der Waals surface area contributed by atoms with E-state index in [-0.39, 0.29) is 105 Å². The molecule has 0 spiro atoms. The van der Waals surface area contributed by atoms with Crippen molar-refractivity contribution in [3.8, 4) is 11.8 Å². The van der Waals surface area contributed by atoms with Gasteiger partial charge in [-0.3, -0.25) is 24.9 Å². The minimum absolute atomic E-state index is 0.0139. The van der Waals surface area contributed by atoms with Crippen LogP contribution in [0.15, 0.2) is 289 Å². The molecule has 113 heavy (non-hydrogen) atoms. The lowest BCUT2D eigenvalue weighted by Gasteiger charge is -2.10. The highest BCUT2D eigenvalue weighted by atomic mass is 79.9. The number of nitrogens with one attached hydrogen (secondary N) is 1. The zero-order valence-corrected chi connectivity index (χ0v) is 66.6. The van der Waals surface area contributed by atoms with Crippen LogP contribution in [0.3, 0.4) is 0 Å². The van der Waals surface area contributed by atoms with Crippen LogP contribution in [0.4, 0.5) is 69.7 Å². The van der Waals surface area contributed by atoms with Crippen LogP contribution in [-0.2, 0) is 22.6 Å². The van der Waals surface area contributed by atoms with Crippen LogP contribution in [0.1, 0.15) is 73.0 Å². The molecule has 0 radical (unpaired) electrons. The number of nitro groups is 1. The number of nitrogens with zero attached hydrogens (tertiary/aromatic N) is 4. The largest absolute Gasteiger partial charge is 0.506 e. The average Bonchev–Trinajstić information content (AvgIpc) is 1.67. The van der Waals surface area contributed by atoms with Crippen molar-refractivity contribution >= 4 is 118 Å². The number of halogens is 14. The number of aliphatic hydroxyl groups excluding tert-OH is 1. The van der Waals surface area contributed by atoms with E-state index >= 15 is 0 Å². The summed E-state index contributed by atoms with van der Waals surface area (Å²) in [5.74, 6) is 0.453. The van der Waals surface area contributed by atoms with Crippen molar-refractivity contribution < 1.29 is 80.7 Å². The number of hydrogen-bond donors (Lipinski definition) is 2. The predicted molar refractivity (Wildman–Crippen MR) is 428 cm³/mol. The summed E-state index contributed by atoms with van der Waals surface area (Å²) in [5.41, 5.74) is -3.07. The molecule has 10 aromatic carbocycles. The minimum Gasteiger partial charge on any atom is -0.506 e. The zero-order valence-electron chi connectivity index (χ0n) is 61.0. The number of fused-ring (bicyclic) bond motifs is 2. The third kappa shape index (κ3) is 30.6. The smallest absolute Gasteiger partial charge is 0.446 e. The van der Waals surface area contributed by atoms with Crippen LogP contribution in [0.2, 0.25) is 5.02 Å². The summed E-state index contributed by atoms with van der Waals surface area (Å²) in [6, 6.07) is 68.3. The normalized spacial score (nSPS) is 12.0. The maximum Gasteiger partial charge on any atom is 0.446 e. The SMILES string of the molecule is CC(=Nc1ccc(C)cc1)C1=C(O)c2ccccc2C1=O.Cc1ccc(N/C=C(/C#N)S(=O)(=O)c2ccc(Br)cc2)cc1.Cc1ccc(OCc2ncc(C(F)(F)F)cc2Cl)cc1.Cc1ccc(SC(F)(F)F)cc1.Cc1ccc2ccccc2c1[N+](=O)[O-].Cc1cccc(SC(F)(F)F)c1.Cc1ccccc1SC(F)(F)F. The summed E-state index contributed by atoms with van der Waals surface area (Å²) in [7, 11) is -3.83. The standard InChI is InChI=1S/C18H15NO2.C16H13BrN2O2S.C14H11ClF3NO.C11H9NO2.3C8H7F3S/c1-11-7-9-13(10-8-11)19-12(2)16-17(20)14-5-3-4-6-15(14)18(16)21;1-12-2-6-14(7-3-12)19-11-16(10-18)22(20,21)15-8-4-13(17)5-9-15;1-9-2-4-11(5-3-9)20-8-13-12(15)6-10(7-19-13)14(16,17)18;1-8-6-7-9-4-2-3-5-10(9)11(8)12(13)14;1-6-2-4-7(5-3-6)12-8(9,10)11;1-6-3-2-4-7(5-6)12-8(9,10)11;1-6-4-2-3-5-7(6)12-8(9,10)11/h3-10,20H,1-2H3;2-9,11,19H,1H3;2-7H,8H2,1H3;2-7H,1H3;3*2-5H,1H3/b;16-11-;;;;;. The lowest BCUT2D eigenvalue weighted by molar-refractivity contribution is -0.383. The van der Waals surface area contributed by atoms with Crippen LogP contribution >= 0.6 is 62.8 Å². The van der Waals surface area contributed by atoms with Crippen LogP contribution in [0.5, 0.6) is 5.75 Å². The highest BCUT2D eigenvalue weighted by Gasteiger charge is 2.34. The molecule has 0 saturated heterocycles. The van der Waals surface area contributed by atoms with E-state index in [9.17, 15) is 81.1 Å². The van der Waals surface area contributed by atoms with E-state index in [1.54, 1.807) is 137 Å². The van der Waals surface area contributed by atoms with Gasteiger partial charge in [0.05, 0.1) is 48.5 Å². The lowest BCUT2D eigenvalue weighted by atomic mass is 10.1. The van der Waals surface area contributed by atoms with Gasteiger partial charge in [-0.15, -0.1) is 0 Å². The van der Waals surface area contributed by atoms with E-state index in [2.05, 4.69) is 31.2 Å². The number of ether oxygens (including phenoxy) is 1. The monoisotopic (exact) mass is 1720 g/mol. The molecular weight excluding hydrogens is 1650 g/mol. The van der Waals surface area contributed by atoms with Gasteiger partial charge in [-0.1, -0.05) is 189 Å². The average molecular weight is 1720 g/mol. The number of aliphatic hydroxyl groups is 1. The van der Waals surface area contributed by atoms with E-state index < -0.39 is 38.1 Å². The first-order valence-corrected chi connectivity index (χ1v) is 38.2. The number of nitriles is 1. The number of rotatable bonds is 13. The van der Waals surface area contributed by atoms with Crippen molar-refractivity contribution in [3.63, 3.8) is 0 Å². The number of aryl methyl sites for hydroxylation is 7. The molecule has 1 aliphatic rings. The van der Waals surface area contributed by atoms with E-state index in [4.69, 9.17) is 21.6 Å². The third-order valence-corrected chi connectivity index (χ3v) is 20.2. The van der Waals surface area contributed by atoms with Crippen LogP contribution in [-0.4, -0.2) is 51.5 Å². The maximum absolute atomic E-state index is 12.5. The Morgan fingerprint density at radius 2 is 1.14 bits per heavy atom. The number of nitro benzene ring substituents is 1. The van der Waals surface area contributed by atoms with E-state index in [0.717, 1.165) is 55.6 Å². The van der Waals surface area contributed by atoms with Crippen LogP contribution in [0, 0.1) is 69.9 Å². The van der Waals surface area contributed by atoms with Crippen molar-refractivity contribution in [1.82, 2.24) is 4.98 Å². The van der Waals surface area contributed by atoms with Gasteiger partial charge in [0, 0.05) is 53.9 Å². The molecule has 12 nitrogen and oxygen atoms in total. The van der Waals surface area contributed by atoms with Crippen molar-refractivity contribution in [2.75, 3.05) is 5.32 Å². The summed E-state index contributed by atoms with van der Waals surface area (Å²) >= 11 is 8.78. The molecule has 0 bridgehead atoms. The molecule has 0 saturated carbocycles. The first kappa shape index (κ1) is 91.5. The molecule has 1 aromatic heterocycles. The number of aliphatic imine (C=N–C) groups is 1.